The average molecular weight is 459 g/mol. The van der Waals surface area contributed by atoms with Crippen LogP contribution in [0.4, 0.5) is 16.2 Å². The van der Waals surface area contributed by atoms with Gasteiger partial charge in [0.25, 0.3) is 5.91 Å². The zero-order valence-corrected chi connectivity index (χ0v) is 18.2. The summed E-state index contributed by atoms with van der Waals surface area (Å²) in [5.41, 5.74) is 0.452. The number of aromatic nitrogens is 5. The highest BCUT2D eigenvalue weighted by atomic mass is 32.1. The summed E-state index contributed by atoms with van der Waals surface area (Å²) >= 11 is 1.22. The van der Waals surface area contributed by atoms with E-state index < -0.39 is 12.0 Å². The van der Waals surface area contributed by atoms with Gasteiger partial charge in [-0.1, -0.05) is 11.3 Å². The summed E-state index contributed by atoms with van der Waals surface area (Å²) in [6, 6.07) is 4.66. The Balaban J connectivity index is 1.36. The molecule has 13 heteroatoms. The zero-order chi connectivity index (χ0) is 22.5. The molecule has 1 aliphatic rings. The minimum Gasteiger partial charge on any atom is -0.508 e. The summed E-state index contributed by atoms with van der Waals surface area (Å²) < 4.78 is 10.5. The molecule has 0 aliphatic carbocycles. The smallest absolute Gasteiger partial charge is 0.259 e. The number of hydrogen-bond donors (Lipinski definition) is 3. The van der Waals surface area contributed by atoms with Crippen molar-refractivity contribution >= 4 is 33.5 Å². The minimum atomic E-state index is -0.959. The number of phenolic OH excluding ortho intramolecular Hbond substituents is 1. The first-order chi connectivity index (χ1) is 15.6. The molecule has 1 fully saturated rings. The summed E-state index contributed by atoms with van der Waals surface area (Å²) in [5, 5.41) is 32.9. The molecule has 3 aromatic rings. The molecule has 3 heterocycles. The number of ether oxygens (including phenoxy) is 2. The first-order valence-electron chi connectivity index (χ1n) is 9.76. The van der Waals surface area contributed by atoms with Crippen LogP contribution in [0.25, 0.3) is 0 Å². The van der Waals surface area contributed by atoms with Gasteiger partial charge in [-0.05, 0) is 24.1 Å². The quantitative estimate of drug-likeness (QED) is 0.450. The van der Waals surface area contributed by atoms with E-state index in [9.17, 15) is 9.90 Å². The third kappa shape index (κ3) is 5.00. The maximum absolute atomic E-state index is 12.7. The van der Waals surface area contributed by atoms with Crippen LogP contribution in [0.1, 0.15) is 18.1 Å². The molecule has 2 atom stereocenters. The van der Waals surface area contributed by atoms with E-state index >= 15 is 0 Å². The van der Waals surface area contributed by atoms with Crippen LogP contribution in [0.2, 0.25) is 0 Å². The fraction of sp³-hybridized carbons (Fsp3) is 0.368. The second-order valence-corrected chi connectivity index (χ2v) is 7.98. The Morgan fingerprint density at radius 2 is 2.06 bits per heavy atom. The van der Waals surface area contributed by atoms with E-state index in [-0.39, 0.29) is 11.8 Å². The van der Waals surface area contributed by atoms with E-state index in [0.29, 0.717) is 34.1 Å². The molecule has 4 rings (SSSR count). The van der Waals surface area contributed by atoms with Crippen molar-refractivity contribution in [3.63, 3.8) is 0 Å². The number of carbonyl (C=O) groups is 1. The number of phenols is 1. The molecule has 3 N–H and O–H groups in total. The van der Waals surface area contributed by atoms with E-state index in [2.05, 4.69) is 36.0 Å². The predicted molar refractivity (Wildman–Crippen MR) is 117 cm³/mol. The summed E-state index contributed by atoms with van der Waals surface area (Å²) in [6.07, 6.45) is 3.07. The third-order valence-electron chi connectivity index (χ3n) is 4.85. The number of amides is 1. The highest BCUT2D eigenvalue weighted by molar-refractivity contribution is 7.19. The minimum absolute atomic E-state index is 0.0288. The summed E-state index contributed by atoms with van der Waals surface area (Å²) in [5.74, 6) is 0.540. The summed E-state index contributed by atoms with van der Waals surface area (Å²) in [6.45, 7) is 1.51. The number of hydrogen-bond acceptors (Lipinski definition) is 12. The predicted octanol–water partition coefficient (Wildman–Crippen LogP) is 1.45. The SMILES string of the molecule is COc1cc(O)cc([C@H](OC)C(=O)Nc2nnc(N[C@@H]3CCN(c4nccnn4)C3)s2)c1. The van der Waals surface area contributed by atoms with E-state index in [4.69, 9.17) is 9.47 Å². The third-order valence-corrected chi connectivity index (χ3v) is 5.62. The van der Waals surface area contributed by atoms with Gasteiger partial charge in [-0.3, -0.25) is 10.1 Å². The van der Waals surface area contributed by atoms with Crippen LogP contribution in [0.5, 0.6) is 11.5 Å². The lowest BCUT2D eigenvalue weighted by Crippen LogP contribution is -2.27. The van der Waals surface area contributed by atoms with Crippen LogP contribution in [0.15, 0.2) is 30.6 Å². The molecule has 1 amide bonds. The highest BCUT2D eigenvalue weighted by Gasteiger charge is 2.26. The number of nitrogens with one attached hydrogen (secondary N) is 2. The maximum atomic E-state index is 12.7. The summed E-state index contributed by atoms with van der Waals surface area (Å²) in [7, 11) is 2.88. The van der Waals surface area contributed by atoms with Crippen molar-refractivity contribution < 1.29 is 19.4 Å². The van der Waals surface area contributed by atoms with Crippen molar-refractivity contribution in [2.45, 2.75) is 18.6 Å². The van der Waals surface area contributed by atoms with Crippen molar-refractivity contribution in [3.8, 4) is 11.5 Å². The lowest BCUT2D eigenvalue weighted by Gasteiger charge is -2.16. The van der Waals surface area contributed by atoms with Gasteiger partial charge in [-0.2, -0.15) is 5.10 Å². The Hall–Kier alpha value is -3.58. The molecule has 0 spiro atoms. The molecule has 0 saturated carbocycles. The van der Waals surface area contributed by atoms with Gasteiger partial charge >= 0.3 is 0 Å². The van der Waals surface area contributed by atoms with Gasteiger partial charge in [0.1, 0.15) is 11.5 Å². The monoisotopic (exact) mass is 458 g/mol. The van der Waals surface area contributed by atoms with Gasteiger partial charge in [-0.25, -0.2) is 4.98 Å². The molecule has 32 heavy (non-hydrogen) atoms. The number of benzene rings is 1. The first-order valence-corrected chi connectivity index (χ1v) is 10.6. The van der Waals surface area contributed by atoms with E-state index in [0.717, 1.165) is 13.0 Å². The van der Waals surface area contributed by atoms with Crippen molar-refractivity contribution in [1.82, 2.24) is 25.4 Å². The van der Waals surface area contributed by atoms with E-state index in [1.54, 1.807) is 12.3 Å². The van der Waals surface area contributed by atoms with Crippen LogP contribution in [0.3, 0.4) is 0 Å². The second-order valence-electron chi connectivity index (χ2n) is 7.00. The number of anilines is 3. The average Bonchev–Trinajstić information content (AvgIpc) is 3.44. The Morgan fingerprint density at radius 3 is 2.81 bits per heavy atom. The number of methoxy groups -OCH3 is 2. The molecule has 1 saturated heterocycles. The Morgan fingerprint density at radius 1 is 1.22 bits per heavy atom. The van der Waals surface area contributed by atoms with Crippen LogP contribution >= 0.6 is 11.3 Å². The van der Waals surface area contributed by atoms with Gasteiger partial charge in [-0.15, -0.1) is 15.3 Å². The fourth-order valence-electron chi connectivity index (χ4n) is 3.39. The van der Waals surface area contributed by atoms with Gasteiger partial charge in [0.05, 0.1) is 19.5 Å². The molecule has 2 aromatic heterocycles. The number of carbonyl (C=O) groups excluding carboxylic acids is 1. The second kappa shape index (κ2) is 9.70. The van der Waals surface area contributed by atoms with Crippen molar-refractivity contribution in [1.29, 1.82) is 0 Å². The van der Waals surface area contributed by atoms with E-state index in [1.807, 2.05) is 4.90 Å². The van der Waals surface area contributed by atoms with Gasteiger partial charge in [0, 0.05) is 32.3 Å². The Kier molecular flexibility index (Phi) is 6.56. The normalized spacial score (nSPS) is 16.6. The zero-order valence-electron chi connectivity index (χ0n) is 17.4. The number of nitrogens with zero attached hydrogens (tertiary/aromatic N) is 6. The van der Waals surface area contributed by atoms with Crippen molar-refractivity contribution in [2.75, 3.05) is 42.8 Å². The topological polar surface area (TPSA) is 148 Å². The van der Waals surface area contributed by atoms with Gasteiger partial charge in [0.2, 0.25) is 16.2 Å². The van der Waals surface area contributed by atoms with Crippen LogP contribution < -0.4 is 20.3 Å². The van der Waals surface area contributed by atoms with Gasteiger partial charge < -0.3 is 24.8 Å². The summed E-state index contributed by atoms with van der Waals surface area (Å²) in [4.78, 5) is 19.0. The highest BCUT2D eigenvalue weighted by Crippen LogP contribution is 2.29. The molecule has 168 valence electrons. The molecule has 0 radical (unpaired) electrons. The lowest BCUT2D eigenvalue weighted by molar-refractivity contribution is -0.126. The van der Waals surface area contributed by atoms with E-state index in [1.165, 1.54) is 43.9 Å². The molecule has 0 bridgehead atoms. The molecule has 0 unspecified atom stereocenters. The number of rotatable bonds is 8. The first kappa shape index (κ1) is 21.6. The molecule has 12 nitrogen and oxygen atoms in total. The van der Waals surface area contributed by atoms with Gasteiger partial charge in [0.15, 0.2) is 6.10 Å². The maximum Gasteiger partial charge on any atom is 0.259 e. The standard InChI is InChI=1S/C19H22N8O4S/c1-30-14-8-11(7-13(28)9-14)15(31-2)16(29)23-19-26-25-18(32-19)22-12-3-6-27(10-12)17-20-4-5-21-24-17/h4-5,7-9,12,15,28H,3,6,10H2,1-2H3,(H,22,25)(H,23,26,29)/t12-,15+/m1/s1. The van der Waals surface area contributed by atoms with Crippen LogP contribution in [-0.4, -0.2) is 69.7 Å². The molecule has 1 aromatic carbocycles. The Labute approximate surface area is 187 Å². The molecular weight excluding hydrogens is 436 g/mol. The fourth-order valence-corrected chi connectivity index (χ4v) is 4.12. The molecular formula is C19H22N8O4S. The van der Waals surface area contributed by atoms with Crippen molar-refractivity contribution in [3.05, 3.63) is 36.2 Å². The lowest BCUT2D eigenvalue weighted by atomic mass is 10.1. The Bertz CT molecular complexity index is 1070. The van der Waals surface area contributed by atoms with Crippen molar-refractivity contribution in [2.24, 2.45) is 0 Å². The van der Waals surface area contributed by atoms with Crippen LogP contribution in [0, 0.1) is 0 Å². The van der Waals surface area contributed by atoms with Crippen LogP contribution in [-0.2, 0) is 9.53 Å². The largest absolute Gasteiger partial charge is 0.508 e. The number of aromatic hydroxyl groups is 1. The molecule has 1 aliphatic heterocycles.